The number of nitrogens with zero attached hydrogens (tertiary/aromatic N) is 1. The van der Waals surface area contributed by atoms with E-state index in [9.17, 15) is 14.9 Å². The minimum Gasteiger partial charge on any atom is -0.462 e. The molecule has 2 aromatic heterocycles. The van der Waals surface area contributed by atoms with Crippen LogP contribution in [-0.4, -0.2) is 23.3 Å². The van der Waals surface area contributed by atoms with Crippen molar-refractivity contribution in [2.45, 2.75) is 32.6 Å². The Morgan fingerprint density at radius 2 is 2.10 bits per heavy atom. The van der Waals surface area contributed by atoms with Gasteiger partial charge in [0.1, 0.15) is 16.6 Å². The van der Waals surface area contributed by atoms with Crippen LogP contribution < -0.4 is 5.32 Å². The number of carbonyl (C=O) groups is 2. The second-order valence-electron chi connectivity index (χ2n) is 7.03. The third-order valence-corrected chi connectivity index (χ3v) is 6.42. The molecule has 7 heteroatoms. The van der Waals surface area contributed by atoms with Crippen molar-refractivity contribution in [3.63, 3.8) is 0 Å². The Labute approximate surface area is 178 Å². The molecule has 0 unspecified atom stereocenters. The monoisotopic (exact) mass is 419 g/mol. The number of nitriles is 1. The Kier molecular flexibility index (Phi) is 5.68. The number of anilines is 1. The molecule has 0 amide bonds. The van der Waals surface area contributed by atoms with Crippen LogP contribution in [0.1, 0.15) is 50.9 Å². The minimum atomic E-state index is -0.374. The zero-order chi connectivity index (χ0) is 21.1. The normalized spacial score (nSPS) is 13.5. The summed E-state index contributed by atoms with van der Waals surface area (Å²) in [6, 6.07) is 9.43. The maximum absolute atomic E-state index is 12.9. The number of hydrogen-bond donors (Lipinski definition) is 2. The summed E-state index contributed by atoms with van der Waals surface area (Å²) in [4.78, 5) is 29.7. The quantitative estimate of drug-likeness (QED) is 0.254. The van der Waals surface area contributed by atoms with E-state index in [1.165, 1.54) is 22.4 Å². The van der Waals surface area contributed by atoms with E-state index < -0.39 is 0 Å². The van der Waals surface area contributed by atoms with Gasteiger partial charge in [-0.3, -0.25) is 4.79 Å². The lowest BCUT2D eigenvalue weighted by molar-refractivity contribution is 0.0526. The third kappa shape index (κ3) is 3.62. The number of para-hydroxylation sites is 1. The number of nitrogens with one attached hydrogen (secondary N) is 2. The zero-order valence-corrected chi connectivity index (χ0v) is 17.4. The molecule has 6 nitrogen and oxygen atoms in total. The maximum Gasteiger partial charge on any atom is 0.341 e. The van der Waals surface area contributed by atoms with E-state index in [1.54, 1.807) is 13.1 Å². The molecule has 30 heavy (non-hydrogen) atoms. The number of fused-ring (bicyclic) bond motifs is 2. The van der Waals surface area contributed by atoms with E-state index in [2.05, 4.69) is 10.3 Å². The standard InChI is InChI=1S/C23H21N3O3S/c1-2-29-23(28)20-16-8-4-6-10-19(16)30-22(20)26-12-14(11-24)21(27)17-13-25-18-9-5-3-7-15(17)18/h3,5,7,9,12-13,25-26H,2,4,6,8,10H2,1H3/b14-12-. The van der Waals surface area contributed by atoms with Crippen LogP contribution in [0.3, 0.4) is 0 Å². The molecule has 1 aliphatic carbocycles. The van der Waals surface area contributed by atoms with E-state index in [1.807, 2.05) is 30.3 Å². The Hall–Kier alpha value is -3.37. The number of benzene rings is 1. The molecule has 0 saturated heterocycles. The highest BCUT2D eigenvalue weighted by molar-refractivity contribution is 7.16. The molecule has 0 radical (unpaired) electrons. The number of hydrogen-bond acceptors (Lipinski definition) is 6. The molecular formula is C23H21N3O3S. The van der Waals surface area contributed by atoms with Gasteiger partial charge in [-0.25, -0.2) is 4.79 Å². The first-order valence-corrected chi connectivity index (χ1v) is 10.7. The number of rotatable bonds is 6. The van der Waals surface area contributed by atoms with Gasteiger partial charge in [-0.2, -0.15) is 5.26 Å². The molecule has 2 N–H and O–H groups in total. The van der Waals surface area contributed by atoms with Crippen LogP contribution in [-0.2, 0) is 17.6 Å². The van der Waals surface area contributed by atoms with E-state index in [0.717, 1.165) is 42.1 Å². The predicted molar refractivity (Wildman–Crippen MR) is 117 cm³/mol. The van der Waals surface area contributed by atoms with Crippen LogP contribution in [0.25, 0.3) is 10.9 Å². The van der Waals surface area contributed by atoms with Gasteiger partial charge < -0.3 is 15.0 Å². The lowest BCUT2D eigenvalue weighted by atomic mass is 9.95. The first-order chi connectivity index (χ1) is 14.6. The van der Waals surface area contributed by atoms with Crippen LogP contribution in [0.15, 0.2) is 42.2 Å². The van der Waals surface area contributed by atoms with Gasteiger partial charge in [0.15, 0.2) is 0 Å². The summed E-state index contributed by atoms with van der Waals surface area (Å²) in [5.41, 5.74) is 2.81. The molecule has 0 fully saturated rings. The lowest BCUT2D eigenvalue weighted by Gasteiger charge is -2.12. The third-order valence-electron chi connectivity index (χ3n) is 5.20. The van der Waals surface area contributed by atoms with E-state index >= 15 is 0 Å². The Balaban J connectivity index is 1.66. The Bertz CT molecular complexity index is 1200. The summed E-state index contributed by atoms with van der Waals surface area (Å²) < 4.78 is 5.25. The molecular weight excluding hydrogens is 398 g/mol. The molecule has 0 aliphatic heterocycles. The molecule has 0 atom stereocenters. The Morgan fingerprint density at radius 1 is 1.30 bits per heavy atom. The van der Waals surface area contributed by atoms with E-state index in [4.69, 9.17) is 4.74 Å². The van der Waals surface area contributed by atoms with Crippen molar-refractivity contribution in [3.05, 3.63) is 63.8 Å². The smallest absolute Gasteiger partial charge is 0.341 e. The molecule has 0 bridgehead atoms. The number of aromatic nitrogens is 1. The molecule has 2 heterocycles. The fourth-order valence-corrected chi connectivity index (χ4v) is 5.02. The molecule has 0 saturated carbocycles. The second-order valence-corrected chi connectivity index (χ2v) is 8.13. The van der Waals surface area contributed by atoms with Gasteiger partial charge in [0, 0.05) is 33.7 Å². The van der Waals surface area contributed by atoms with Crippen LogP contribution in [0.2, 0.25) is 0 Å². The van der Waals surface area contributed by atoms with Gasteiger partial charge in [-0.05, 0) is 44.2 Å². The number of aryl methyl sites for hydroxylation is 1. The van der Waals surface area contributed by atoms with Gasteiger partial charge in [0.2, 0.25) is 5.78 Å². The molecule has 1 aromatic carbocycles. The van der Waals surface area contributed by atoms with Crippen molar-refractivity contribution in [1.82, 2.24) is 4.98 Å². The van der Waals surface area contributed by atoms with Crippen molar-refractivity contribution in [3.8, 4) is 6.07 Å². The average Bonchev–Trinajstić information content (AvgIpc) is 3.35. The van der Waals surface area contributed by atoms with Crippen LogP contribution >= 0.6 is 11.3 Å². The number of carbonyl (C=O) groups excluding carboxylic acids is 2. The van der Waals surface area contributed by atoms with E-state index in [-0.39, 0.29) is 17.3 Å². The van der Waals surface area contributed by atoms with Crippen LogP contribution in [0, 0.1) is 11.3 Å². The number of esters is 1. The summed E-state index contributed by atoms with van der Waals surface area (Å²) in [7, 11) is 0. The van der Waals surface area contributed by atoms with Crippen molar-refractivity contribution in [2.24, 2.45) is 0 Å². The fraction of sp³-hybridized carbons (Fsp3) is 0.261. The molecule has 3 aromatic rings. The molecule has 0 spiro atoms. The van der Waals surface area contributed by atoms with Crippen LogP contribution in [0.4, 0.5) is 5.00 Å². The maximum atomic E-state index is 12.9. The van der Waals surface area contributed by atoms with Crippen LogP contribution in [0.5, 0.6) is 0 Å². The SMILES string of the molecule is CCOC(=O)c1c(N/C=C(/C#N)C(=O)c2c[nH]c3ccccc23)sc2c1CCCC2. The second kappa shape index (κ2) is 8.56. The predicted octanol–water partition coefficient (Wildman–Crippen LogP) is 4.99. The minimum absolute atomic E-state index is 0.0269. The number of aromatic amines is 1. The fourth-order valence-electron chi connectivity index (χ4n) is 3.78. The topological polar surface area (TPSA) is 95.0 Å². The largest absolute Gasteiger partial charge is 0.462 e. The van der Waals surface area contributed by atoms with Gasteiger partial charge in [0.25, 0.3) is 0 Å². The number of thiophene rings is 1. The zero-order valence-electron chi connectivity index (χ0n) is 16.6. The number of ether oxygens (including phenoxy) is 1. The highest BCUT2D eigenvalue weighted by Crippen LogP contribution is 2.38. The summed E-state index contributed by atoms with van der Waals surface area (Å²) >= 11 is 1.50. The van der Waals surface area contributed by atoms with Gasteiger partial charge in [-0.15, -0.1) is 11.3 Å². The Morgan fingerprint density at radius 3 is 2.90 bits per heavy atom. The number of Topliss-reactive ketones (excluding diaryl/α,β-unsaturated/α-hetero) is 1. The highest BCUT2D eigenvalue weighted by atomic mass is 32.1. The summed E-state index contributed by atoms with van der Waals surface area (Å²) in [6.45, 7) is 2.07. The summed E-state index contributed by atoms with van der Waals surface area (Å²) in [5, 5.41) is 14.0. The van der Waals surface area contributed by atoms with E-state index in [0.29, 0.717) is 22.7 Å². The summed E-state index contributed by atoms with van der Waals surface area (Å²) in [6.07, 6.45) is 6.90. The highest BCUT2D eigenvalue weighted by Gasteiger charge is 2.26. The number of H-pyrrole nitrogens is 1. The van der Waals surface area contributed by atoms with Gasteiger partial charge >= 0.3 is 5.97 Å². The van der Waals surface area contributed by atoms with Gasteiger partial charge in [-0.1, -0.05) is 18.2 Å². The first-order valence-electron chi connectivity index (χ1n) is 9.93. The molecule has 1 aliphatic rings. The lowest BCUT2D eigenvalue weighted by Crippen LogP contribution is -2.11. The average molecular weight is 420 g/mol. The van der Waals surface area contributed by atoms with Crippen molar-refractivity contribution in [2.75, 3.05) is 11.9 Å². The molecule has 152 valence electrons. The van der Waals surface area contributed by atoms with Crippen molar-refractivity contribution < 1.29 is 14.3 Å². The van der Waals surface area contributed by atoms with Crippen molar-refractivity contribution >= 4 is 39.0 Å². The first kappa shape index (κ1) is 19.9. The number of ketones is 1. The number of allylic oxidation sites excluding steroid dienone is 1. The van der Waals surface area contributed by atoms with Gasteiger partial charge in [0.05, 0.1) is 12.2 Å². The van der Waals surface area contributed by atoms with Crippen molar-refractivity contribution in [1.29, 1.82) is 5.26 Å². The molecule has 4 rings (SSSR count). The summed E-state index contributed by atoms with van der Waals surface area (Å²) in [5.74, 6) is -0.740.